The highest BCUT2D eigenvalue weighted by atomic mass is 28.3. The van der Waals surface area contributed by atoms with E-state index >= 15 is 0 Å². The zero-order chi connectivity index (χ0) is 15.3. The number of likely N-dealkylation sites (tertiary alicyclic amines) is 1. The summed E-state index contributed by atoms with van der Waals surface area (Å²) in [5.41, 5.74) is 5.28. The van der Waals surface area contributed by atoms with Gasteiger partial charge in [0.05, 0.1) is 8.07 Å². The van der Waals surface area contributed by atoms with Crippen LogP contribution in [0.2, 0.25) is 13.1 Å². The van der Waals surface area contributed by atoms with Gasteiger partial charge < -0.3 is 10.6 Å². The molecule has 1 aliphatic heterocycles. The van der Waals surface area contributed by atoms with E-state index < -0.39 is 8.07 Å². The molecule has 2 rings (SSSR count). The summed E-state index contributed by atoms with van der Waals surface area (Å²) in [6, 6.07) is 10.9. The van der Waals surface area contributed by atoms with E-state index in [4.69, 9.17) is 5.73 Å². The van der Waals surface area contributed by atoms with Gasteiger partial charge in [-0.25, -0.2) is 0 Å². The van der Waals surface area contributed by atoms with Gasteiger partial charge >= 0.3 is 0 Å². The summed E-state index contributed by atoms with van der Waals surface area (Å²) in [4.78, 5) is 13.6. The van der Waals surface area contributed by atoms with E-state index in [1.807, 2.05) is 0 Å². The van der Waals surface area contributed by atoms with Crippen molar-refractivity contribution in [3.05, 3.63) is 30.3 Å². The lowest BCUT2D eigenvalue weighted by atomic mass is 9.94. The molecule has 0 aliphatic carbocycles. The summed E-state index contributed by atoms with van der Waals surface area (Å²) in [7, 11) is -1.41. The molecular weight excluding hydrogens is 276 g/mol. The molecule has 0 spiro atoms. The van der Waals surface area contributed by atoms with Crippen LogP contribution < -0.4 is 10.9 Å². The van der Waals surface area contributed by atoms with Crippen LogP contribution >= 0.6 is 0 Å². The van der Waals surface area contributed by atoms with Crippen molar-refractivity contribution in [3.63, 3.8) is 0 Å². The molecule has 21 heavy (non-hydrogen) atoms. The van der Waals surface area contributed by atoms with Gasteiger partial charge in [0, 0.05) is 13.0 Å². The van der Waals surface area contributed by atoms with E-state index in [0.717, 1.165) is 13.0 Å². The van der Waals surface area contributed by atoms with Crippen molar-refractivity contribution in [2.45, 2.75) is 38.8 Å². The van der Waals surface area contributed by atoms with E-state index in [1.165, 1.54) is 30.7 Å². The Labute approximate surface area is 129 Å². The third-order valence-corrected chi connectivity index (χ3v) is 7.71. The molecule has 0 unspecified atom stereocenters. The van der Waals surface area contributed by atoms with Gasteiger partial charge in [0.25, 0.3) is 0 Å². The molecule has 1 aliphatic rings. The predicted molar refractivity (Wildman–Crippen MR) is 91.2 cm³/mol. The number of hydrogen-bond acceptors (Lipinski definition) is 2. The van der Waals surface area contributed by atoms with Crippen LogP contribution in [-0.4, -0.2) is 38.1 Å². The monoisotopic (exact) mass is 304 g/mol. The molecule has 0 radical (unpaired) electrons. The van der Waals surface area contributed by atoms with Gasteiger partial charge in [-0.1, -0.05) is 48.6 Å². The Morgan fingerprint density at radius 2 is 2.05 bits per heavy atom. The number of benzene rings is 1. The Bertz CT molecular complexity index is 461. The molecule has 0 saturated carbocycles. The molecule has 1 aromatic rings. The predicted octanol–water partition coefficient (Wildman–Crippen LogP) is 2.12. The molecule has 1 saturated heterocycles. The number of hydrogen-bond donors (Lipinski definition) is 1. The van der Waals surface area contributed by atoms with Crippen LogP contribution in [0.15, 0.2) is 30.3 Å². The molecular formula is C17H28N2OSi. The van der Waals surface area contributed by atoms with Gasteiger partial charge in [-0.2, -0.15) is 0 Å². The van der Waals surface area contributed by atoms with Gasteiger partial charge in [0.1, 0.15) is 0 Å². The number of primary amides is 1. The molecule has 1 heterocycles. The van der Waals surface area contributed by atoms with Crippen LogP contribution in [0.5, 0.6) is 0 Å². The second kappa shape index (κ2) is 7.23. The number of rotatable bonds is 6. The van der Waals surface area contributed by atoms with Crippen LogP contribution in [-0.2, 0) is 4.79 Å². The molecule has 116 valence electrons. The average Bonchev–Trinajstić information content (AvgIpc) is 2.46. The second-order valence-electron chi connectivity index (χ2n) is 7.00. The van der Waals surface area contributed by atoms with Crippen molar-refractivity contribution in [1.82, 2.24) is 4.90 Å². The Morgan fingerprint density at radius 1 is 1.33 bits per heavy atom. The lowest BCUT2D eigenvalue weighted by Gasteiger charge is -2.37. The smallest absolute Gasteiger partial charge is 0.217 e. The van der Waals surface area contributed by atoms with Gasteiger partial charge in [-0.15, -0.1) is 0 Å². The van der Waals surface area contributed by atoms with Crippen molar-refractivity contribution in [1.29, 1.82) is 0 Å². The summed E-state index contributed by atoms with van der Waals surface area (Å²) >= 11 is 0. The summed E-state index contributed by atoms with van der Waals surface area (Å²) in [5, 5.41) is 1.53. The highest BCUT2D eigenvalue weighted by Crippen LogP contribution is 2.22. The average molecular weight is 305 g/mol. The van der Waals surface area contributed by atoms with Crippen molar-refractivity contribution < 1.29 is 4.79 Å². The lowest BCUT2D eigenvalue weighted by Crippen LogP contribution is -2.53. The lowest BCUT2D eigenvalue weighted by molar-refractivity contribution is -0.118. The van der Waals surface area contributed by atoms with Crippen molar-refractivity contribution in [2.75, 3.05) is 19.3 Å². The van der Waals surface area contributed by atoms with Crippen LogP contribution in [0.3, 0.4) is 0 Å². The minimum atomic E-state index is -1.41. The number of piperidine rings is 1. The van der Waals surface area contributed by atoms with Gasteiger partial charge in [-0.05, 0) is 37.9 Å². The third-order valence-electron chi connectivity index (χ3n) is 4.58. The van der Waals surface area contributed by atoms with Gasteiger partial charge in [0.15, 0.2) is 0 Å². The van der Waals surface area contributed by atoms with Gasteiger partial charge in [-0.3, -0.25) is 4.79 Å². The first-order valence-electron chi connectivity index (χ1n) is 8.03. The molecule has 4 heteroatoms. The molecule has 0 aromatic heterocycles. The van der Waals surface area contributed by atoms with Crippen LogP contribution in [0.1, 0.15) is 25.7 Å². The van der Waals surface area contributed by atoms with Crippen LogP contribution in [0.25, 0.3) is 0 Å². The van der Waals surface area contributed by atoms with Gasteiger partial charge in [0.2, 0.25) is 5.91 Å². The van der Waals surface area contributed by atoms with E-state index in [-0.39, 0.29) is 5.91 Å². The zero-order valence-electron chi connectivity index (χ0n) is 13.3. The Balaban J connectivity index is 1.91. The van der Waals surface area contributed by atoms with E-state index in [0.29, 0.717) is 12.3 Å². The molecule has 1 atom stereocenters. The Hall–Kier alpha value is -1.13. The first-order chi connectivity index (χ1) is 9.97. The zero-order valence-corrected chi connectivity index (χ0v) is 14.3. The van der Waals surface area contributed by atoms with Crippen LogP contribution in [0.4, 0.5) is 0 Å². The Morgan fingerprint density at radius 3 is 2.71 bits per heavy atom. The largest absolute Gasteiger partial charge is 0.370 e. The molecule has 0 bridgehead atoms. The fourth-order valence-electron chi connectivity index (χ4n) is 3.42. The molecule has 2 N–H and O–H groups in total. The summed E-state index contributed by atoms with van der Waals surface area (Å²) in [6.45, 7) is 7.25. The van der Waals surface area contributed by atoms with Crippen LogP contribution in [0, 0.1) is 5.92 Å². The molecule has 3 nitrogen and oxygen atoms in total. The molecule has 1 fully saturated rings. The number of carbonyl (C=O) groups excluding carboxylic acids is 1. The maximum atomic E-state index is 11.0. The maximum Gasteiger partial charge on any atom is 0.217 e. The SMILES string of the molecule is C[Si](C)(CN1CCC[C@H](CCC(N)=O)C1)c1ccccc1. The summed E-state index contributed by atoms with van der Waals surface area (Å²) < 4.78 is 0. The highest BCUT2D eigenvalue weighted by Gasteiger charge is 2.29. The number of carbonyl (C=O) groups is 1. The maximum absolute atomic E-state index is 11.0. The number of amides is 1. The minimum absolute atomic E-state index is 0.161. The first kappa shape index (κ1) is 16.2. The number of nitrogens with two attached hydrogens (primary N) is 1. The van der Waals surface area contributed by atoms with E-state index in [1.54, 1.807) is 0 Å². The third kappa shape index (κ3) is 4.97. The summed E-state index contributed by atoms with van der Waals surface area (Å²) in [6.07, 6.45) is 5.21. The first-order valence-corrected chi connectivity index (χ1v) is 11.2. The minimum Gasteiger partial charge on any atom is -0.370 e. The Kier molecular flexibility index (Phi) is 5.59. The van der Waals surface area contributed by atoms with Crippen molar-refractivity contribution >= 4 is 19.2 Å². The van der Waals surface area contributed by atoms with E-state index in [2.05, 4.69) is 48.3 Å². The second-order valence-corrected chi connectivity index (χ2v) is 11.7. The van der Waals surface area contributed by atoms with E-state index in [9.17, 15) is 4.79 Å². The fourth-order valence-corrected chi connectivity index (χ4v) is 6.10. The molecule has 1 amide bonds. The standard InChI is InChI=1S/C17H28N2OSi/c1-21(2,16-8-4-3-5-9-16)14-19-12-6-7-15(13-19)10-11-17(18)20/h3-5,8-9,15H,6-7,10-14H2,1-2H3,(H2,18,20)/t15-/m1/s1. The highest BCUT2D eigenvalue weighted by molar-refractivity contribution is 6.89. The van der Waals surface area contributed by atoms with Crippen molar-refractivity contribution in [3.8, 4) is 0 Å². The number of nitrogens with zero attached hydrogens (tertiary/aromatic N) is 1. The van der Waals surface area contributed by atoms with Crippen molar-refractivity contribution in [2.24, 2.45) is 11.7 Å². The summed E-state index contributed by atoms with van der Waals surface area (Å²) in [5.74, 6) is 0.484. The normalized spacial score (nSPS) is 20.4. The quantitative estimate of drug-likeness (QED) is 0.818. The molecule has 1 aromatic carbocycles. The topological polar surface area (TPSA) is 46.3 Å². The fraction of sp³-hybridized carbons (Fsp3) is 0.588.